The Morgan fingerprint density at radius 2 is 2.24 bits per heavy atom. The van der Waals surface area contributed by atoms with Gasteiger partial charge in [-0.05, 0) is 11.6 Å². The number of hydrogen-bond donors (Lipinski definition) is 3. The Hall–Kier alpha value is -1.76. The van der Waals surface area contributed by atoms with Gasteiger partial charge in [-0.2, -0.15) is 11.8 Å². The zero-order chi connectivity index (χ0) is 12.4. The molecule has 0 spiro atoms. The summed E-state index contributed by atoms with van der Waals surface area (Å²) in [5.41, 5.74) is 1.26. The lowest BCUT2D eigenvalue weighted by Gasteiger charge is -2.04. The molecule has 0 saturated carbocycles. The third kappa shape index (κ3) is 2.50. The standard InChI is InChI=1S/C10H10N2O4S/c13-8(14)2-11-9(15)6-1-5-3-17-4-7(5)12-10(6)16/h1H,2-4H2,(H,11,15)(H,12,16)(H,13,14). The molecule has 0 radical (unpaired) electrons. The van der Waals surface area contributed by atoms with E-state index in [1.165, 1.54) is 6.07 Å². The molecule has 1 aliphatic rings. The second kappa shape index (κ2) is 4.62. The largest absolute Gasteiger partial charge is 0.480 e. The number of carboxylic acid groups (broad SMARTS) is 1. The number of carbonyl (C=O) groups is 2. The Kier molecular flexibility index (Phi) is 3.19. The molecular weight excluding hydrogens is 244 g/mol. The maximum atomic E-state index is 11.6. The average Bonchev–Trinajstić information content (AvgIpc) is 2.71. The first kappa shape index (κ1) is 11.7. The van der Waals surface area contributed by atoms with Crippen molar-refractivity contribution in [3.8, 4) is 0 Å². The highest BCUT2D eigenvalue weighted by Crippen LogP contribution is 2.27. The van der Waals surface area contributed by atoms with Gasteiger partial charge in [0.25, 0.3) is 11.5 Å². The molecular formula is C10H10N2O4S. The minimum atomic E-state index is -1.15. The van der Waals surface area contributed by atoms with Crippen LogP contribution in [0.1, 0.15) is 21.6 Å². The highest BCUT2D eigenvalue weighted by atomic mass is 32.2. The quantitative estimate of drug-likeness (QED) is 0.701. The molecule has 0 unspecified atom stereocenters. The first-order chi connectivity index (χ1) is 8.08. The number of H-pyrrole nitrogens is 1. The van der Waals surface area contributed by atoms with Crippen LogP contribution in [0.5, 0.6) is 0 Å². The van der Waals surface area contributed by atoms with Crippen molar-refractivity contribution in [3.05, 3.63) is 33.2 Å². The predicted octanol–water partition coefficient (Wildman–Crippen LogP) is -0.0639. The van der Waals surface area contributed by atoms with Crippen LogP contribution in [0.25, 0.3) is 0 Å². The smallest absolute Gasteiger partial charge is 0.322 e. The van der Waals surface area contributed by atoms with E-state index < -0.39 is 24.0 Å². The van der Waals surface area contributed by atoms with Gasteiger partial charge in [-0.25, -0.2) is 0 Å². The summed E-state index contributed by atoms with van der Waals surface area (Å²) in [6.45, 7) is -0.496. The maximum absolute atomic E-state index is 11.6. The summed E-state index contributed by atoms with van der Waals surface area (Å²) in [7, 11) is 0. The van der Waals surface area contributed by atoms with Gasteiger partial charge in [0.05, 0.1) is 0 Å². The van der Waals surface area contributed by atoms with Crippen molar-refractivity contribution in [2.75, 3.05) is 6.54 Å². The van der Waals surface area contributed by atoms with E-state index in [1.54, 1.807) is 11.8 Å². The van der Waals surface area contributed by atoms with Gasteiger partial charge in [-0.3, -0.25) is 14.4 Å². The van der Waals surface area contributed by atoms with Crippen LogP contribution in [0.4, 0.5) is 0 Å². The molecule has 1 amide bonds. The number of aromatic amines is 1. The Labute approximate surface area is 100 Å². The fraction of sp³-hybridized carbons (Fsp3) is 0.300. The summed E-state index contributed by atoms with van der Waals surface area (Å²) >= 11 is 1.65. The first-order valence-electron chi connectivity index (χ1n) is 4.90. The van der Waals surface area contributed by atoms with Gasteiger partial charge in [-0.1, -0.05) is 0 Å². The highest BCUT2D eigenvalue weighted by molar-refractivity contribution is 7.98. The van der Waals surface area contributed by atoms with Crippen LogP contribution >= 0.6 is 11.8 Å². The van der Waals surface area contributed by atoms with Crippen LogP contribution in [0, 0.1) is 0 Å². The van der Waals surface area contributed by atoms with E-state index in [-0.39, 0.29) is 5.56 Å². The number of hydrogen-bond acceptors (Lipinski definition) is 4. The zero-order valence-electron chi connectivity index (χ0n) is 8.78. The van der Waals surface area contributed by atoms with Crippen LogP contribution in [0.2, 0.25) is 0 Å². The lowest BCUT2D eigenvalue weighted by atomic mass is 10.1. The maximum Gasteiger partial charge on any atom is 0.322 e. The van der Waals surface area contributed by atoms with Crippen molar-refractivity contribution in [1.29, 1.82) is 0 Å². The molecule has 1 aliphatic heterocycles. The monoisotopic (exact) mass is 254 g/mol. The number of nitrogens with one attached hydrogen (secondary N) is 2. The lowest BCUT2D eigenvalue weighted by molar-refractivity contribution is -0.135. The highest BCUT2D eigenvalue weighted by Gasteiger charge is 2.18. The number of fused-ring (bicyclic) bond motifs is 1. The SMILES string of the molecule is O=C(O)CNC(=O)c1cc2c([nH]c1=O)CSC2. The molecule has 17 heavy (non-hydrogen) atoms. The Balaban J connectivity index is 2.24. The fourth-order valence-corrected chi connectivity index (χ4v) is 2.59. The van der Waals surface area contributed by atoms with Gasteiger partial charge in [0, 0.05) is 17.2 Å². The second-order valence-electron chi connectivity index (χ2n) is 3.59. The summed E-state index contributed by atoms with van der Waals surface area (Å²) in [5.74, 6) is -0.313. The number of amides is 1. The van der Waals surface area contributed by atoms with Gasteiger partial charge in [0.15, 0.2) is 0 Å². The molecule has 2 heterocycles. The van der Waals surface area contributed by atoms with Crippen LogP contribution < -0.4 is 10.9 Å². The zero-order valence-corrected chi connectivity index (χ0v) is 9.60. The number of thioether (sulfide) groups is 1. The molecule has 3 N–H and O–H groups in total. The summed E-state index contributed by atoms with van der Waals surface area (Å²) in [4.78, 5) is 36.1. The first-order valence-corrected chi connectivity index (χ1v) is 6.06. The van der Waals surface area contributed by atoms with E-state index >= 15 is 0 Å². The van der Waals surface area contributed by atoms with Gasteiger partial charge < -0.3 is 15.4 Å². The van der Waals surface area contributed by atoms with Gasteiger partial charge in [0.1, 0.15) is 12.1 Å². The molecule has 0 fully saturated rings. The van der Waals surface area contributed by atoms with Crippen molar-refractivity contribution < 1.29 is 14.7 Å². The lowest BCUT2D eigenvalue weighted by Crippen LogP contribution is -2.33. The van der Waals surface area contributed by atoms with Crippen LogP contribution in [0.3, 0.4) is 0 Å². The minimum absolute atomic E-state index is 0.0347. The minimum Gasteiger partial charge on any atom is -0.480 e. The second-order valence-corrected chi connectivity index (χ2v) is 4.57. The number of pyridine rings is 1. The van der Waals surface area contributed by atoms with E-state index in [0.29, 0.717) is 0 Å². The van der Waals surface area contributed by atoms with Crippen LogP contribution in [-0.4, -0.2) is 28.5 Å². The van der Waals surface area contributed by atoms with Gasteiger partial charge in [0.2, 0.25) is 0 Å². The summed E-state index contributed by atoms with van der Waals surface area (Å²) in [5, 5.41) is 10.6. The van der Waals surface area contributed by atoms with Crippen molar-refractivity contribution in [3.63, 3.8) is 0 Å². The molecule has 0 aromatic carbocycles. The summed E-state index contributed by atoms with van der Waals surface area (Å²) in [6, 6.07) is 1.53. The fourth-order valence-electron chi connectivity index (χ4n) is 1.55. The molecule has 1 aromatic heterocycles. The molecule has 90 valence electrons. The molecule has 2 rings (SSSR count). The van der Waals surface area contributed by atoms with Gasteiger partial charge in [-0.15, -0.1) is 0 Å². The number of aromatic nitrogens is 1. The van der Waals surface area contributed by atoms with E-state index in [4.69, 9.17) is 5.11 Å². The molecule has 0 aliphatic carbocycles. The Bertz CT molecular complexity index is 538. The van der Waals surface area contributed by atoms with Crippen molar-refractivity contribution in [1.82, 2.24) is 10.3 Å². The number of carboxylic acids is 1. The van der Waals surface area contributed by atoms with E-state index in [0.717, 1.165) is 22.8 Å². The van der Waals surface area contributed by atoms with Crippen LogP contribution in [-0.2, 0) is 16.3 Å². The topological polar surface area (TPSA) is 99.3 Å². The number of carbonyl (C=O) groups excluding carboxylic acids is 1. The summed E-state index contributed by atoms with van der Waals surface area (Å²) in [6.07, 6.45) is 0. The molecule has 0 bridgehead atoms. The van der Waals surface area contributed by atoms with E-state index in [2.05, 4.69) is 10.3 Å². The van der Waals surface area contributed by atoms with Crippen molar-refractivity contribution >= 4 is 23.6 Å². The Morgan fingerprint density at radius 1 is 1.47 bits per heavy atom. The average molecular weight is 254 g/mol. The molecule has 1 aromatic rings. The van der Waals surface area contributed by atoms with Crippen LogP contribution in [0.15, 0.2) is 10.9 Å². The normalized spacial score (nSPS) is 13.2. The number of rotatable bonds is 3. The number of aliphatic carboxylic acids is 1. The predicted molar refractivity (Wildman–Crippen MR) is 62.0 cm³/mol. The van der Waals surface area contributed by atoms with Crippen molar-refractivity contribution in [2.24, 2.45) is 0 Å². The van der Waals surface area contributed by atoms with Crippen molar-refractivity contribution in [2.45, 2.75) is 11.5 Å². The molecule has 0 atom stereocenters. The third-order valence-electron chi connectivity index (χ3n) is 2.36. The van der Waals surface area contributed by atoms with E-state index in [9.17, 15) is 14.4 Å². The van der Waals surface area contributed by atoms with Gasteiger partial charge >= 0.3 is 5.97 Å². The third-order valence-corrected chi connectivity index (χ3v) is 3.37. The molecule has 6 nitrogen and oxygen atoms in total. The molecule has 7 heteroatoms. The Morgan fingerprint density at radius 3 is 2.94 bits per heavy atom. The molecule has 0 saturated heterocycles. The van der Waals surface area contributed by atoms with E-state index in [1.807, 2.05) is 0 Å². The summed E-state index contributed by atoms with van der Waals surface area (Å²) < 4.78 is 0.